The highest BCUT2D eigenvalue weighted by atomic mass is 79.9. The quantitative estimate of drug-likeness (QED) is 0.480. The molecule has 2 rings (SSSR count). The molecule has 100 valence electrons. The van der Waals surface area contributed by atoms with Gasteiger partial charge in [0.2, 0.25) is 0 Å². The van der Waals surface area contributed by atoms with Crippen LogP contribution in [0.25, 0.3) is 0 Å². The van der Waals surface area contributed by atoms with E-state index in [1.165, 1.54) is 10.5 Å². The summed E-state index contributed by atoms with van der Waals surface area (Å²) in [6.45, 7) is 0. The first-order chi connectivity index (χ1) is 9.28. The zero-order chi connectivity index (χ0) is 13.5. The average molecular weight is 337 g/mol. The summed E-state index contributed by atoms with van der Waals surface area (Å²) in [4.78, 5) is 1.28. The van der Waals surface area contributed by atoms with Crippen molar-refractivity contribution in [2.45, 2.75) is 17.4 Å². The summed E-state index contributed by atoms with van der Waals surface area (Å²) in [5.74, 6) is 6.60. The lowest BCUT2D eigenvalue weighted by atomic mass is 10.1. The summed E-state index contributed by atoms with van der Waals surface area (Å²) in [6.07, 6.45) is 0.934. The maximum Gasteiger partial charge on any atom is 0.0344 e. The van der Waals surface area contributed by atoms with E-state index in [1.54, 1.807) is 0 Å². The summed E-state index contributed by atoms with van der Waals surface area (Å²) in [5, 5.41) is 0. The van der Waals surface area contributed by atoms with Gasteiger partial charge in [-0.25, -0.2) is 0 Å². The van der Waals surface area contributed by atoms with Gasteiger partial charge in [-0.1, -0.05) is 46.3 Å². The highest BCUT2D eigenvalue weighted by Gasteiger charge is 2.08. The van der Waals surface area contributed by atoms with E-state index in [2.05, 4.69) is 69.9 Å². The van der Waals surface area contributed by atoms with E-state index < -0.39 is 0 Å². The first kappa shape index (κ1) is 14.6. The van der Waals surface area contributed by atoms with Crippen molar-refractivity contribution in [3.8, 4) is 0 Å². The van der Waals surface area contributed by atoms with Gasteiger partial charge in [-0.05, 0) is 36.2 Å². The predicted molar refractivity (Wildman–Crippen MR) is 86.1 cm³/mol. The fourth-order valence-corrected chi connectivity index (χ4v) is 3.01. The number of benzene rings is 2. The number of rotatable bonds is 6. The second kappa shape index (κ2) is 7.70. The van der Waals surface area contributed by atoms with Crippen LogP contribution in [-0.2, 0) is 6.42 Å². The molecule has 0 aliphatic heterocycles. The molecule has 0 aromatic heterocycles. The largest absolute Gasteiger partial charge is 0.271 e. The second-order valence-corrected chi connectivity index (χ2v) is 6.33. The van der Waals surface area contributed by atoms with Gasteiger partial charge < -0.3 is 0 Å². The Morgan fingerprint density at radius 1 is 1.05 bits per heavy atom. The van der Waals surface area contributed by atoms with Crippen LogP contribution in [0.1, 0.15) is 5.56 Å². The van der Waals surface area contributed by atoms with Crippen molar-refractivity contribution in [3.05, 3.63) is 64.6 Å². The third-order valence-corrected chi connectivity index (χ3v) is 4.53. The van der Waals surface area contributed by atoms with Crippen LogP contribution in [0, 0.1) is 0 Å². The van der Waals surface area contributed by atoms with Gasteiger partial charge in [0.15, 0.2) is 0 Å². The van der Waals surface area contributed by atoms with Gasteiger partial charge in [-0.3, -0.25) is 11.3 Å². The molecule has 2 nitrogen and oxygen atoms in total. The fourth-order valence-electron chi connectivity index (χ4n) is 1.78. The Labute approximate surface area is 126 Å². The first-order valence-electron chi connectivity index (χ1n) is 6.16. The Hall–Kier alpha value is -0.810. The number of nitrogens with two attached hydrogens (primary N) is 1. The lowest BCUT2D eigenvalue weighted by Crippen LogP contribution is -2.38. The summed E-state index contributed by atoms with van der Waals surface area (Å²) in [7, 11) is 0. The van der Waals surface area contributed by atoms with Crippen LogP contribution in [0.3, 0.4) is 0 Å². The van der Waals surface area contributed by atoms with E-state index in [9.17, 15) is 0 Å². The monoisotopic (exact) mass is 336 g/mol. The molecule has 0 saturated carbocycles. The molecule has 0 heterocycles. The molecule has 2 aromatic carbocycles. The molecule has 0 bridgehead atoms. The molecule has 0 spiro atoms. The Bertz CT molecular complexity index is 487. The number of hydrogen-bond acceptors (Lipinski definition) is 3. The summed E-state index contributed by atoms with van der Waals surface area (Å²) in [5.41, 5.74) is 4.19. The number of nitrogens with one attached hydrogen (secondary N) is 1. The van der Waals surface area contributed by atoms with Gasteiger partial charge in [0, 0.05) is 21.2 Å². The van der Waals surface area contributed by atoms with Crippen LogP contribution in [0.2, 0.25) is 0 Å². The summed E-state index contributed by atoms with van der Waals surface area (Å²) in [6, 6.07) is 19.0. The molecule has 0 amide bonds. The van der Waals surface area contributed by atoms with Gasteiger partial charge >= 0.3 is 0 Å². The van der Waals surface area contributed by atoms with Gasteiger partial charge in [-0.2, -0.15) is 0 Å². The summed E-state index contributed by atoms with van der Waals surface area (Å²) < 4.78 is 1.10. The lowest BCUT2D eigenvalue weighted by molar-refractivity contribution is 0.575. The van der Waals surface area contributed by atoms with Gasteiger partial charge in [-0.15, -0.1) is 11.8 Å². The molecule has 0 saturated heterocycles. The van der Waals surface area contributed by atoms with Crippen LogP contribution >= 0.6 is 27.7 Å². The Kier molecular flexibility index (Phi) is 5.92. The maximum absolute atomic E-state index is 5.64. The SMILES string of the molecule is NNC(CSc1ccccc1)Cc1ccc(Br)cc1. The Balaban J connectivity index is 1.88. The predicted octanol–water partition coefficient (Wildman–Crippen LogP) is 3.62. The number of thioether (sulfide) groups is 1. The van der Waals surface area contributed by atoms with Crippen molar-refractivity contribution in [2.24, 2.45) is 5.84 Å². The zero-order valence-electron chi connectivity index (χ0n) is 10.6. The molecule has 0 aliphatic carbocycles. The van der Waals surface area contributed by atoms with Crippen LogP contribution in [0.5, 0.6) is 0 Å². The van der Waals surface area contributed by atoms with Crippen LogP contribution in [0.15, 0.2) is 64.0 Å². The van der Waals surface area contributed by atoms with Crippen molar-refractivity contribution in [1.29, 1.82) is 0 Å². The second-order valence-electron chi connectivity index (χ2n) is 4.32. The molecular weight excluding hydrogens is 320 g/mol. The minimum Gasteiger partial charge on any atom is -0.271 e. The topological polar surface area (TPSA) is 38.0 Å². The van der Waals surface area contributed by atoms with E-state index >= 15 is 0 Å². The molecule has 1 atom stereocenters. The standard InChI is InChI=1S/C15H17BrN2S/c16-13-8-6-12(7-9-13)10-14(18-17)11-19-15-4-2-1-3-5-15/h1-9,14,18H,10-11,17H2. The van der Waals surface area contributed by atoms with Gasteiger partial charge in [0.05, 0.1) is 0 Å². The van der Waals surface area contributed by atoms with E-state index in [-0.39, 0.29) is 6.04 Å². The van der Waals surface area contributed by atoms with Crippen molar-refractivity contribution in [1.82, 2.24) is 5.43 Å². The van der Waals surface area contributed by atoms with Crippen molar-refractivity contribution in [2.75, 3.05) is 5.75 Å². The minimum atomic E-state index is 0.270. The normalized spacial score (nSPS) is 12.3. The third kappa shape index (κ3) is 4.99. The molecule has 2 aromatic rings. The van der Waals surface area contributed by atoms with Gasteiger partial charge in [0.25, 0.3) is 0 Å². The molecule has 3 N–H and O–H groups in total. The highest BCUT2D eigenvalue weighted by molar-refractivity contribution is 9.10. The molecule has 0 aliphatic rings. The van der Waals surface area contributed by atoms with Crippen molar-refractivity contribution >= 4 is 27.7 Å². The van der Waals surface area contributed by atoms with Crippen LogP contribution in [-0.4, -0.2) is 11.8 Å². The van der Waals surface area contributed by atoms with Crippen molar-refractivity contribution < 1.29 is 0 Å². The van der Waals surface area contributed by atoms with Crippen molar-refractivity contribution in [3.63, 3.8) is 0 Å². The number of hydrogen-bond donors (Lipinski definition) is 2. The highest BCUT2D eigenvalue weighted by Crippen LogP contribution is 2.19. The molecule has 1 unspecified atom stereocenters. The maximum atomic E-state index is 5.64. The Morgan fingerprint density at radius 3 is 2.37 bits per heavy atom. The molecular formula is C15H17BrN2S. The third-order valence-electron chi connectivity index (χ3n) is 2.83. The minimum absolute atomic E-state index is 0.270. The van der Waals surface area contributed by atoms with Crippen LogP contribution < -0.4 is 11.3 Å². The molecule has 0 radical (unpaired) electrons. The van der Waals surface area contributed by atoms with E-state index in [4.69, 9.17) is 5.84 Å². The summed E-state index contributed by atoms with van der Waals surface area (Å²) >= 11 is 5.27. The number of hydrazine groups is 1. The molecule has 0 fully saturated rings. The molecule has 19 heavy (non-hydrogen) atoms. The van der Waals surface area contributed by atoms with Crippen LogP contribution in [0.4, 0.5) is 0 Å². The first-order valence-corrected chi connectivity index (χ1v) is 7.94. The van der Waals surface area contributed by atoms with E-state index in [1.807, 2.05) is 17.8 Å². The average Bonchev–Trinajstić information content (AvgIpc) is 2.46. The molecule has 4 heteroatoms. The van der Waals surface area contributed by atoms with E-state index in [0.29, 0.717) is 0 Å². The van der Waals surface area contributed by atoms with Gasteiger partial charge in [0.1, 0.15) is 0 Å². The van der Waals surface area contributed by atoms with E-state index in [0.717, 1.165) is 16.6 Å². The fraction of sp³-hybridized carbons (Fsp3) is 0.200. The smallest absolute Gasteiger partial charge is 0.0344 e. The zero-order valence-corrected chi connectivity index (χ0v) is 13.0. The Morgan fingerprint density at radius 2 is 1.74 bits per heavy atom. The lowest BCUT2D eigenvalue weighted by Gasteiger charge is -2.15. The number of halogens is 1.